The summed E-state index contributed by atoms with van der Waals surface area (Å²) in [5.74, 6) is -4.09. The second-order valence-electron chi connectivity index (χ2n) is 15.5. The van der Waals surface area contributed by atoms with Crippen LogP contribution >= 0.6 is 0 Å². The Morgan fingerprint density at radius 2 is 1.37 bits per heavy atom. The van der Waals surface area contributed by atoms with E-state index >= 15 is 0 Å². The summed E-state index contributed by atoms with van der Waals surface area (Å²) in [5, 5.41) is 17.9. The molecule has 0 bridgehead atoms. The van der Waals surface area contributed by atoms with Gasteiger partial charge in [0.15, 0.2) is 11.5 Å². The van der Waals surface area contributed by atoms with E-state index in [4.69, 9.17) is 9.47 Å². The number of amides is 2. The Bertz CT molecular complexity index is 1960. The molecule has 0 heterocycles. The lowest BCUT2D eigenvalue weighted by Crippen LogP contribution is -2.56. The minimum Gasteiger partial charge on any atom is -0.490 e. The number of rotatable bonds is 10. The van der Waals surface area contributed by atoms with Gasteiger partial charge in [0, 0.05) is 23.7 Å². The van der Waals surface area contributed by atoms with Crippen LogP contribution in [0.3, 0.4) is 0 Å². The van der Waals surface area contributed by atoms with Crippen molar-refractivity contribution in [2.45, 2.75) is 92.3 Å². The number of aryl methyl sites for hydroxylation is 4. The van der Waals surface area contributed by atoms with Crippen LogP contribution in [0, 0.1) is 39.5 Å². The maximum atomic E-state index is 14.4. The Balaban J connectivity index is 1.56. The first-order chi connectivity index (χ1) is 24.5. The van der Waals surface area contributed by atoms with Gasteiger partial charge in [0.05, 0.1) is 18.1 Å². The number of ether oxygens (including phenoxy) is 2. The van der Waals surface area contributed by atoms with Gasteiger partial charge >= 0.3 is 0 Å². The second-order valence-corrected chi connectivity index (χ2v) is 15.5. The van der Waals surface area contributed by atoms with Gasteiger partial charge in [-0.1, -0.05) is 75.4 Å². The van der Waals surface area contributed by atoms with E-state index in [2.05, 4.69) is 43.5 Å². The highest BCUT2D eigenvalue weighted by Gasteiger charge is 2.56. The van der Waals surface area contributed by atoms with Crippen LogP contribution in [0.1, 0.15) is 85.9 Å². The summed E-state index contributed by atoms with van der Waals surface area (Å²) in [7, 11) is 0. The van der Waals surface area contributed by atoms with E-state index < -0.39 is 41.0 Å². The first kappa shape index (κ1) is 38.3. The molecule has 1 aliphatic carbocycles. The minimum atomic E-state index is -1.76. The molecule has 5 rings (SSSR count). The first-order valence-electron chi connectivity index (χ1n) is 18.0. The fraction of sp³-hybridized carbons (Fsp3) is 0.386. The number of hydrogen-bond donors (Lipinski definition) is 3. The van der Waals surface area contributed by atoms with Crippen LogP contribution in [0.4, 0.5) is 11.4 Å². The Kier molecular flexibility index (Phi) is 11.3. The van der Waals surface area contributed by atoms with Crippen LogP contribution in [0.5, 0.6) is 11.5 Å². The zero-order valence-electron chi connectivity index (χ0n) is 31.8. The molecular formula is C44H52N2O6. The number of Topliss-reactive ketones (excluding diaryl/α,β-unsaturated/α-hetero) is 1. The van der Waals surface area contributed by atoms with Crippen LogP contribution in [-0.4, -0.2) is 34.9 Å². The zero-order valence-corrected chi connectivity index (χ0v) is 31.8. The van der Waals surface area contributed by atoms with Gasteiger partial charge in [-0.2, -0.15) is 0 Å². The van der Waals surface area contributed by atoms with Crippen molar-refractivity contribution in [1.82, 2.24) is 0 Å². The molecule has 52 heavy (non-hydrogen) atoms. The van der Waals surface area contributed by atoms with Crippen molar-refractivity contribution in [3.63, 3.8) is 0 Å². The lowest BCUT2D eigenvalue weighted by Gasteiger charge is -2.44. The topological polar surface area (TPSA) is 114 Å². The fourth-order valence-electron chi connectivity index (χ4n) is 7.04. The van der Waals surface area contributed by atoms with Crippen molar-refractivity contribution in [2.24, 2.45) is 11.8 Å². The minimum absolute atomic E-state index is 0.0315. The van der Waals surface area contributed by atoms with Gasteiger partial charge in [0.1, 0.15) is 18.3 Å². The average molecular weight is 705 g/mol. The molecule has 4 aromatic carbocycles. The summed E-state index contributed by atoms with van der Waals surface area (Å²) >= 11 is 0. The summed E-state index contributed by atoms with van der Waals surface area (Å²) in [6.07, 6.45) is -0.368. The molecule has 4 unspecified atom stereocenters. The molecule has 4 atom stereocenters. The lowest BCUT2D eigenvalue weighted by atomic mass is 9.61. The van der Waals surface area contributed by atoms with Crippen LogP contribution in [0.2, 0.25) is 0 Å². The predicted octanol–water partition coefficient (Wildman–Crippen LogP) is 8.51. The van der Waals surface area contributed by atoms with E-state index in [1.165, 1.54) is 12.5 Å². The molecule has 0 radical (unpaired) electrons. The molecule has 4 aromatic rings. The summed E-state index contributed by atoms with van der Waals surface area (Å²) < 4.78 is 12.3. The number of nitrogens with one attached hydrogen (secondary N) is 2. The van der Waals surface area contributed by atoms with Gasteiger partial charge in [0.25, 0.3) is 0 Å². The van der Waals surface area contributed by atoms with Crippen LogP contribution in [0.25, 0.3) is 0 Å². The maximum Gasteiger partial charge on any atom is 0.235 e. The normalized spacial score (nSPS) is 20.3. The summed E-state index contributed by atoms with van der Waals surface area (Å²) in [6.45, 7) is 18.1. The first-order valence-corrected chi connectivity index (χ1v) is 18.0. The molecule has 3 N–H and O–H groups in total. The zero-order chi connectivity index (χ0) is 38.0. The molecule has 1 aliphatic rings. The summed E-state index contributed by atoms with van der Waals surface area (Å²) in [4.78, 5) is 42.7. The van der Waals surface area contributed by atoms with Crippen molar-refractivity contribution in [1.29, 1.82) is 0 Å². The van der Waals surface area contributed by atoms with E-state index in [0.717, 1.165) is 27.8 Å². The third-order valence-electron chi connectivity index (χ3n) is 10.0. The molecule has 0 aliphatic heterocycles. The highest BCUT2D eigenvalue weighted by atomic mass is 16.5. The number of ketones is 1. The van der Waals surface area contributed by atoms with E-state index in [9.17, 15) is 19.5 Å². The third-order valence-corrected chi connectivity index (χ3v) is 10.0. The van der Waals surface area contributed by atoms with Gasteiger partial charge in [-0.05, 0) is 110 Å². The molecular weight excluding hydrogens is 652 g/mol. The van der Waals surface area contributed by atoms with Gasteiger partial charge < -0.3 is 25.2 Å². The van der Waals surface area contributed by atoms with Crippen molar-refractivity contribution >= 4 is 29.0 Å². The number of carbonyl (C=O) groups excluding carboxylic acids is 3. The van der Waals surface area contributed by atoms with Gasteiger partial charge in [-0.15, -0.1) is 0 Å². The fourth-order valence-corrected chi connectivity index (χ4v) is 7.04. The Hall–Kier alpha value is -4.95. The second kappa shape index (κ2) is 15.3. The highest BCUT2D eigenvalue weighted by molar-refractivity contribution is 6.10. The van der Waals surface area contributed by atoms with Crippen LogP contribution in [-0.2, 0) is 26.4 Å². The molecule has 8 nitrogen and oxygen atoms in total. The standard InChI is InChI=1S/C44H52N2O6/c1-10-51-37-23-31(17-20-36(37)52-25-30-15-18-32(19-16-30)43(6,7)8)38-39(41(48)45-33-21-26(2)11-13-28(33)4)35(47)24-44(9,50)40(38)42(49)46-34-22-27(3)12-14-29(34)5/h11-23,38-40,50H,10,24-25H2,1-9H3,(H,45,48)(H,46,49). The SMILES string of the molecule is CCOc1cc(C2C(C(=O)Nc3cc(C)ccc3C)C(=O)CC(C)(O)C2C(=O)Nc2cc(C)ccc2C)ccc1OCc1ccc(C(C)(C)C)cc1. The van der Waals surface area contributed by atoms with Crippen molar-refractivity contribution in [3.05, 3.63) is 118 Å². The monoisotopic (exact) mass is 704 g/mol. The molecule has 0 saturated heterocycles. The number of aliphatic hydroxyl groups is 1. The third kappa shape index (κ3) is 8.56. The Morgan fingerprint density at radius 1 is 0.788 bits per heavy atom. The quantitative estimate of drug-likeness (QED) is 0.143. The van der Waals surface area contributed by atoms with E-state index in [0.29, 0.717) is 41.7 Å². The molecule has 0 spiro atoms. The molecule has 2 amide bonds. The van der Waals surface area contributed by atoms with Crippen molar-refractivity contribution < 1.29 is 29.0 Å². The molecule has 1 saturated carbocycles. The molecule has 274 valence electrons. The Morgan fingerprint density at radius 3 is 1.92 bits per heavy atom. The van der Waals surface area contributed by atoms with Gasteiger partial charge in [-0.25, -0.2) is 0 Å². The smallest absolute Gasteiger partial charge is 0.235 e. The van der Waals surface area contributed by atoms with Crippen LogP contribution in [0.15, 0.2) is 78.9 Å². The molecule has 1 fully saturated rings. The highest BCUT2D eigenvalue weighted by Crippen LogP contribution is 2.48. The van der Waals surface area contributed by atoms with Crippen molar-refractivity contribution in [3.8, 4) is 11.5 Å². The van der Waals surface area contributed by atoms with Gasteiger partial charge in [-0.3, -0.25) is 14.4 Å². The number of benzene rings is 4. The number of hydrogen-bond acceptors (Lipinski definition) is 6. The van der Waals surface area contributed by atoms with Crippen LogP contribution < -0.4 is 20.1 Å². The summed E-state index contributed by atoms with van der Waals surface area (Å²) in [6, 6.07) is 25.0. The van der Waals surface area contributed by atoms with Crippen molar-refractivity contribution in [2.75, 3.05) is 17.2 Å². The average Bonchev–Trinajstić information content (AvgIpc) is 3.06. The molecule has 8 heteroatoms. The predicted molar refractivity (Wildman–Crippen MR) is 206 cm³/mol. The maximum absolute atomic E-state index is 14.4. The Labute approximate surface area is 308 Å². The number of carbonyl (C=O) groups is 3. The van der Waals surface area contributed by atoms with E-state index in [1.54, 1.807) is 18.2 Å². The lowest BCUT2D eigenvalue weighted by molar-refractivity contribution is -0.150. The summed E-state index contributed by atoms with van der Waals surface area (Å²) in [5.41, 5.74) is 5.74. The van der Waals surface area contributed by atoms with Gasteiger partial charge in [0.2, 0.25) is 11.8 Å². The largest absolute Gasteiger partial charge is 0.490 e. The van der Waals surface area contributed by atoms with E-state index in [-0.39, 0.29) is 11.8 Å². The molecule has 0 aromatic heterocycles. The number of anilines is 2. The van der Waals surface area contributed by atoms with E-state index in [1.807, 2.05) is 83.1 Å².